The second-order valence-corrected chi connectivity index (χ2v) is 3.50. The fraction of sp³-hybridized carbons (Fsp3) is 0.364. The number of aromatic amines is 1. The van der Waals surface area contributed by atoms with Crippen molar-refractivity contribution >= 4 is 0 Å². The van der Waals surface area contributed by atoms with E-state index in [1.807, 2.05) is 13.0 Å². The van der Waals surface area contributed by atoms with E-state index in [1.54, 1.807) is 19.4 Å². The highest BCUT2D eigenvalue weighted by atomic mass is 16.5. The molecule has 0 bridgehead atoms. The van der Waals surface area contributed by atoms with Crippen molar-refractivity contribution in [2.45, 2.75) is 19.4 Å². The minimum Gasteiger partial charge on any atom is -0.373 e. The molecular weight excluding hydrogens is 220 g/mol. The van der Waals surface area contributed by atoms with E-state index in [2.05, 4.69) is 15.1 Å². The Bertz CT molecular complexity index is 534. The largest absolute Gasteiger partial charge is 0.373 e. The topological polar surface area (TPSA) is 87.7 Å². The molecule has 1 unspecified atom stereocenters. The van der Waals surface area contributed by atoms with Gasteiger partial charge in [0.1, 0.15) is 17.9 Å². The maximum atomic E-state index is 8.70. The minimum absolute atomic E-state index is 0.165. The molecule has 2 aromatic rings. The van der Waals surface area contributed by atoms with Crippen LogP contribution in [0.2, 0.25) is 0 Å². The van der Waals surface area contributed by atoms with Gasteiger partial charge in [-0.1, -0.05) is 12.1 Å². The molecule has 0 saturated carbocycles. The normalized spacial score (nSPS) is 12.3. The minimum atomic E-state index is -0.165. The zero-order chi connectivity index (χ0) is 12.3. The zero-order valence-corrected chi connectivity index (χ0v) is 9.60. The summed E-state index contributed by atoms with van der Waals surface area (Å²) in [5.74, 6) is 0.901. The van der Waals surface area contributed by atoms with Crippen LogP contribution in [0.3, 0.4) is 0 Å². The van der Waals surface area contributed by atoms with Crippen LogP contribution in [0.4, 0.5) is 0 Å². The number of nitriles is 1. The highest BCUT2D eigenvalue weighted by Gasteiger charge is 2.17. The van der Waals surface area contributed by atoms with Gasteiger partial charge in [0.2, 0.25) is 5.82 Å². The van der Waals surface area contributed by atoms with Gasteiger partial charge in [-0.05, 0) is 12.5 Å². The van der Waals surface area contributed by atoms with Crippen LogP contribution in [0, 0.1) is 11.3 Å². The third-order valence-electron chi connectivity index (χ3n) is 2.44. The molecule has 2 rings (SSSR count). The van der Waals surface area contributed by atoms with Crippen molar-refractivity contribution in [2.75, 3.05) is 7.11 Å². The molecule has 0 saturated heterocycles. The van der Waals surface area contributed by atoms with Gasteiger partial charge < -0.3 is 14.2 Å². The molecule has 0 aromatic carbocycles. The Labute approximate surface area is 98.2 Å². The number of nitrogens with zero attached hydrogens (tertiary/aromatic N) is 3. The number of rotatable bonds is 4. The number of methoxy groups -OCH3 is 1. The summed E-state index contributed by atoms with van der Waals surface area (Å²) in [7, 11) is 1.61. The molecule has 1 atom stereocenters. The lowest BCUT2D eigenvalue weighted by molar-refractivity contribution is 0.0903. The average Bonchev–Trinajstić information content (AvgIpc) is 2.98. The third kappa shape index (κ3) is 2.19. The molecule has 0 amide bonds. The molecule has 2 heterocycles. The maximum Gasteiger partial charge on any atom is 0.259 e. The van der Waals surface area contributed by atoms with Gasteiger partial charge in [0, 0.05) is 13.3 Å². The van der Waals surface area contributed by atoms with Crippen molar-refractivity contribution in [1.82, 2.24) is 15.1 Å². The zero-order valence-electron chi connectivity index (χ0n) is 9.60. The van der Waals surface area contributed by atoms with Crippen molar-refractivity contribution in [1.29, 1.82) is 5.26 Å². The number of nitrogens with one attached hydrogen (secondary N) is 1. The Balaban J connectivity index is 2.26. The van der Waals surface area contributed by atoms with Crippen molar-refractivity contribution in [2.24, 2.45) is 0 Å². The summed E-state index contributed by atoms with van der Waals surface area (Å²) in [6.45, 7) is 1.98. The van der Waals surface area contributed by atoms with E-state index in [-0.39, 0.29) is 6.10 Å². The monoisotopic (exact) mass is 232 g/mol. The van der Waals surface area contributed by atoms with E-state index in [4.69, 9.17) is 14.5 Å². The van der Waals surface area contributed by atoms with E-state index in [1.165, 1.54) is 0 Å². The van der Waals surface area contributed by atoms with E-state index < -0.39 is 0 Å². The molecule has 0 aliphatic rings. The maximum absolute atomic E-state index is 8.70. The van der Waals surface area contributed by atoms with Crippen LogP contribution in [-0.2, 0) is 4.74 Å². The van der Waals surface area contributed by atoms with E-state index in [0.29, 0.717) is 23.0 Å². The van der Waals surface area contributed by atoms with Gasteiger partial charge in [-0.2, -0.15) is 10.2 Å². The van der Waals surface area contributed by atoms with Crippen LogP contribution in [0.15, 0.2) is 16.8 Å². The first-order chi connectivity index (χ1) is 8.28. The first-order valence-electron chi connectivity index (χ1n) is 5.23. The van der Waals surface area contributed by atoms with Crippen LogP contribution >= 0.6 is 0 Å². The van der Waals surface area contributed by atoms with Gasteiger partial charge in [0.15, 0.2) is 0 Å². The van der Waals surface area contributed by atoms with Gasteiger partial charge in [0.25, 0.3) is 5.89 Å². The summed E-state index contributed by atoms with van der Waals surface area (Å²) in [4.78, 5) is 7.04. The smallest absolute Gasteiger partial charge is 0.259 e. The first-order valence-corrected chi connectivity index (χ1v) is 5.23. The summed E-state index contributed by atoms with van der Waals surface area (Å²) < 4.78 is 10.3. The Morgan fingerprint density at radius 3 is 3.06 bits per heavy atom. The third-order valence-corrected chi connectivity index (χ3v) is 2.44. The van der Waals surface area contributed by atoms with E-state index in [0.717, 1.165) is 6.42 Å². The molecule has 1 N–H and O–H groups in total. The highest BCUT2D eigenvalue weighted by Crippen LogP contribution is 2.22. The lowest BCUT2D eigenvalue weighted by Crippen LogP contribution is -2.01. The van der Waals surface area contributed by atoms with Crippen LogP contribution in [0.5, 0.6) is 0 Å². The standard InChI is InChI=1S/C11H12N4O2/c1-3-9(16-2)10-14-11(17-15-10)7-4-8(5-12)13-6-7/h4,6,9,13H,3H2,1-2H3. The van der Waals surface area contributed by atoms with Crippen molar-refractivity contribution in [3.63, 3.8) is 0 Å². The number of hydrogen-bond donors (Lipinski definition) is 1. The van der Waals surface area contributed by atoms with Gasteiger partial charge >= 0.3 is 0 Å². The summed E-state index contributed by atoms with van der Waals surface area (Å²) in [6.07, 6.45) is 2.26. The molecule has 0 spiro atoms. The Kier molecular flexibility index (Phi) is 3.21. The molecule has 2 aromatic heterocycles. The van der Waals surface area contributed by atoms with Gasteiger partial charge in [-0.25, -0.2) is 0 Å². The average molecular weight is 232 g/mol. The van der Waals surface area contributed by atoms with Crippen molar-refractivity contribution in [3.8, 4) is 17.5 Å². The fourth-order valence-electron chi connectivity index (χ4n) is 1.52. The first kappa shape index (κ1) is 11.4. The number of aromatic nitrogens is 3. The SMILES string of the molecule is CCC(OC)c1noc(-c2c[nH]c(C#N)c2)n1. The van der Waals surface area contributed by atoms with Gasteiger partial charge in [0.05, 0.1) is 5.56 Å². The quantitative estimate of drug-likeness (QED) is 0.871. The second-order valence-electron chi connectivity index (χ2n) is 3.50. The number of ether oxygens (including phenoxy) is 1. The predicted molar refractivity (Wildman–Crippen MR) is 58.8 cm³/mol. The summed E-state index contributed by atoms with van der Waals surface area (Å²) in [5, 5.41) is 12.6. The highest BCUT2D eigenvalue weighted by molar-refractivity contribution is 5.54. The number of hydrogen-bond acceptors (Lipinski definition) is 5. The molecule has 88 valence electrons. The molecule has 6 heteroatoms. The summed E-state index contributed by atoms with van der Waals surface area (Å²) in [5.41, 5.74) is 1.16. The van der Waals surface area contributed by atoms with Gasteiger partial charge in [-0.3, -0.25) is 0 Å². The molecule has 17 heavy (non-hydrogen) atoms. The van der Waals surface area contributed by atoms with Crippen LogP contribution < -0.4 is 0 Å². The second kappa shape index (κ2) is 4.80. The lowest BCUT2D eigenvalue weighted by Gasteiger charge is -2.05. The molecular formula is C11H12N4O2. The van der Waals surface area contributed by atoms with Gasteiger partial charge in [-0.15, -0.1) is 0 Å². The molecule has 0 aliphatic carbocycles. The number of H-pyrrole nitrogens is 1. The Hall–Kier alpha value is -2.13. The summed E-state index contributed by atoms with van der Waals surface area (Å²) >= 11 is 0. The predicted octanol–water partition coefficient (Wildman–Crippen LogP) is 2.03. The van der Waals surface area contributed by atoms with E-state index >= 15 is 0 Å². The molecule has 0 radical (unpaired) electrons. The molecule has 6 nitrogen and oxygen atoms in total. The van der Waals surface area contributed by atoms with Crippen molar-refractivity contribution in [3.05, 3.63) is 23.8 Å². The molecule has 0 aliphatic heterocycles. The molecule has 0 fully saturated rings. The van der Waals surface area contributed by atoms with Crippen LogP contribution in [0.25, 0.3) is 11.5 Å². The lowest BCUT2D eigenvalue weighted by atomic mass is 10.2. The van der Waals surface area contributed by atoms with Crippen LogP contribution in [0.1, 0.15) is 31.0 Å². The Morgan fingerprint density at radius 2 is 2.47 bits per heavy atom. The fourth-order valence-corrected chi connectivity index (χ4v) is 1.52. The van der Waals surface area contributed by atoms with E-state index in [9.17, 15) is 0 Å². The Morgan fingerprint density at radius 1 is 1.65 bits per heavy atom. The summed E-state index contributed by atoms with van der Waals surface area (Å²) in [6, 6.07) is 3.66. The van der Waals surface area contributed by atoms with Crippen LogP contribution in [-0.4, -0.2) is 22.2 Å². The van der Waals surface area contributed by atoms with Crippen molar-refractivity contribution < 1.29 is 9.26 Å².